The molecule has 1 atom stereocenters. The zero-order valence-corrected chi connectivity index (χ0v) is 13.1. The number of aliphatic hydroxyl groups is 1. The molecule has 0 saturated carbocycles. The molecular formula is C17H20N2O4. The summed E-state index contributed by atoms with van der Waals surface area (Å²) in [4.78, 5) is 21.9. The number of rotatable bonds is 5. The molecule has 0 saturated heterocycles. The first-order valence-electron chi connectivity index (χ1n) is 7.21. The summed E-state index contributed by atoms with van der Waals surface area (Å²) in [5.41, 5.74) is 0.998. The number of hydrogen-bond donors (Lipinski definition) is 2. The lowest BCUT2D eigenvalue weighted by molar-refractivity contribution is -0.384. The van der Waals surface area contributed by atoms with Crippen molar-refractivity contribution >= 4 is 11.5 Å². The predicted octanol–water partition coefficient (Wildman–Crippen LogP) is 2.76. The van der Waals surface area contributed by atoms with E-state index in [2.05, 4.69) is 5.32 Å². The molecule has 2 aromatic rings. The molecule has 0 aliphatic heterocycles. The van der Waals surface area contributed by atoms with Gasteiger partial charge in [-0.3, -0.25) is 20.2 Å². The number of nitro groups is 1. The molecule has 122 valence electrons. The molecular weight excluding hydrogens is 296 g/mol. The van der Waals surface area contributed by atoms with Crippen LogP contribution in [0.4, 0.5) is 5.69 Å². The summed E-state index contributed by atoms with van der Waals surface area (Å²) in [6.07, 6.45) is -0.352. The van der Waals surface area contributed by atoms with Crippen molar-refractivity contribution in [2.45, 2.75) is 20.1 Å². The van der Waals surface area contributed by atoms with Crippen LogP contribution < -0.4 is 5.32 Å². The highest BCUT2D eigenvalue weighted by molar-refractivity contribution is 6.09. The van der Waals surface area contributed by atoms with Crippen LogP contribution in [0.15, 0.2) is 54.6 Å². The number of non-ortho nitro benzene ring substituents is 1. The highest BCUT2D eigenvalue weighted by atomic mass is 16.6. The zero-order chi connectivity index (χ0) is 17.2. The molecule has 1 unspecified atom stereocenters. The normalized spacial score (nSPS) is 11.1. The summed E-state index contributed by atoms with van der Waals surface area (Å²) >= 11 is 0. The molecule has 0 fully saturated rings. The molecule has 0 aliphatic rings. The van der Waals surface area contributed by atoms with Gasteiger partial charge in [0.25, 0.3) is 5.69 Å². The lowest BCUT2D eigenvalue weighted by Crippen LogP contribution is -2.24. The van der Waals surface area contributed by atoms with Gasteiger partial charge in [0.05, 0.1) is 4.92 Å². The number of nitro benzene ring substituents is 1. The van der Waals surface area contributed by atoms with Crippen molar-refractivity contribution in [2.75, 3.05) is 6.54 Å². The average molecular weight is 316 g/mol. The van der Waals surface area contributed by atoms with Gasteiger partial charge in [-0.1, -0.05) is 37.3 Å². The summed E-state index contributed by atoms with van der Waals surface area (Å²) in [6, 6.07) is 14.4. The largest absolute Gasteiger partial charge is 0.379 e. The van der Waals surface area contributed by atoms with E-state index in [1.165, 1.54) is 24.3 Å². The van der Waals surface area contributed by atoms with Crippen LogP contribution >= 0.6 is 0 Å². The molecule has 0 heterocycles. The zero-order valence-electron chi connectivity index (χ0n) is 13.1. The summed E-state index contributed by atoms with van der Waals surface area (Å²) in [7, 11) is 0. The number of aliphatic hydroxyl groups excluding tert-OH is 1. The molecule has 2 aromatic carbocycles. The molecule has 0 aliphatic carbocycles. The van der Waals surface area contributed by atoms with Crippen molar-refractivity contribution in [1.29, 1.82) is 0 Å². The van der Waals surface area contributed by atoms with Crippen molar-refractivity contribution in [1.82, 2.24) is 5.32 Å². The third-order valence-corrected chi connectivity index (χ3v) is 2.88. The molecule has 0 radical (unpaired) electrons. The van der Waals surface area contributed by atoms with Crippen molar-refractivity contribution in [3.8, 4) is 0 Å². The number of nitrogens with zero attached hydrogens (tertiary/aromatic N) is 1. The van der Waals surface area contributed by atoms with Crippen LogP contribution in [0.1, 0.15) is 29.8 Å². The van der Waals surface area contributed by atoms with E-state index >= 15 is 0 Å². The lowest BCUT2D eigenvalue weighted by atomic mass is 10.0. The smallest absolute Gasteiger partial charge is 0.269 e. The highest BCUT2D eigenvalue weighted by Crippen LogP contribution is 2.15. The van der Waals surface area contributed by atoms with Crippen molar-refractivity contribution in [3.05, 3.63) is 75.8 Å². The monoisotopic (exact) mass is 316 g/mol. The molecule has 2 N–H and O–H groups in total. The Kier molecular flexibility index (Phi) is 7.59. The Morgan fingerprint density at radius 2 is 1.65 bits per heavy atom. The van der Waals surface area contributed by atoms with Crippen molar-refractivity contribution in [3.63, 3.8) is 0 Å². The van der Waals surface area contributed by atoms with Gasteiger partial charge >= 0.3 is 0 Å². The van der Waals surface area contributed by atoms with Gasteiger partial charge in [0.2, 0.25) is 0 Å². The van der Waals surface area contributed by atoms with Crippen LogP contribution in [0.5, 0.6) is 0 Å². The Morgan fingerprint density at radius 1 is 1.13 bits per heavy atom. The number of hydrogen-bond acceptors (Lipinski definition) is 5. The van der Waals surface area contributed by atoms with E-state index in [1.807, 2.05) is 13.0 Å². The van der Waals surface area contributed by atoms with E-state index in [-0.39, 0.29) is 17.7 Å². The maximum atomic E-state index is 12.0. The Hall–Kier alpha value is -2.57. The summed E-state index contributed by atoms with van der Waals surface area (Å²) in [5.74, 6) is -0.138. The highest BCUT2D eigenvalue weighted by Gasteiger charge is 2.10. The van der Waals surface area contributed by atoms with Crippen molar-refractivity contribution < 1.29 is 14.8 Å². The molecule has 0 bridgehead atoms. The van der Waals surface area contributed by atoms with E-state index in [4.69, 9.17) is 5.11 Å². The number of carbonyl (C=O) groups is 1. The first-order valence-corrected chi connectivity index (χ1v) is 7.21. The van der Waals surface area contributed by atoms with Crippen LogP contribution in [0, 0.1) is 10.1 Å². The second-order valence-corrected chi connectivity index (χ2v) is 4.73. The number of carbonyl (C=O) groups excluding carboxylic acids is 1. The van der Waals surface area contributed by atoms with Gasteiger partial charge < -0.3 is 5.11 Å². The summed E-state index contributed by atoms with van der Waals surface area (Å²) < 4.78 is 0. The van der Waals surface area contributed by atoms with Gasteiger partial charge in [0.15, 0.2) is 5.78 Å². The molecule has 0 aromatic heterocycles. The number of nitrogens with one attached hydrogen (secondary N) is 1. The fourth-order valence-corrected chi connectivity index (χ4v) is 1.79. The molecule has 6 heteroatoms. The molecule has 23 heavy (non-hydrogen) atoms. The second-order valence-electron chi connectivity index (χ2n) is 4.73. The van der Waals surface area contributed by atoms with Crippen LogP contribution in [-0.2, 0) is 0 Å². The molecule has 2 rings (SSSR count). The summed E-state index contributed by atoms with van der Waals surface area (Å²) in [6.45, 7) is 4.48. The maximum absolute atomic E-state index is 12.0. The minimum Gasteiger partial charge on any atom is -0.379 e. The SMILES string of the molecule is CCNC(C)O.O=C(c1ccccc1)c1ccc([N+](=O)[O-])cc1. The fourth-order valence-electron chi connectivity index (χ4n) is 1.79. The van der Waals surface area contributed by atoms with Crippen molar-refractivity contribution in [2.24, 2.45) is 0 Å². The van der Waals surface area contributed by atoms with Crippen LogP contribution in [0.3, 0.4) is 0 Å². The third kappa shape index (κ3) is 6.37. The van der Waals surface area contributed by atoms with E-state index in [0.717, 1.165) is 6.54 Å². The van der Waals surface area contributed by atoms with Gasteiger partial charge in [0, 0.05) is 23.3 Å². The summed E-state index contributed by atoms with van der Waals surface area (Å²) in [5, 5.41) is 21.7. The van der Waals surface area contributed by atoms with Crippen LogP contribution in [0.2, 0.25) is 0 Å². The van der Waals surface area contributed by atoms with E-state index in [1.54, 1.807) is 31.2 Å². The third-order valence-electron chi connectivity index (χ3n) is 2.88. The number of benzene rings is 2. The van der Waals surface area contributed by atoms with Gasteiger partial charge in [-0.25, -0.2) is 0 Å². The van der Waals surface area contributed by atoms with E-state index in [0.29, 0.717) is 11.1 Å². The van der Waals surface area contributed by atoms with Gasteiger partial charge in [-0.2, -0.15) is 0 Å². The maximum Gasteiger partial charge on any atom is 0.269 e. The number of ketones is 1. The Bertz CT molecular complexity index is 625. The van der Waals surface area contributed by atoms with Crippen LogP contribution in [-0.4, -0.2) is 28.6 Å². The molecule has 0 spiro atoms. The lowest BCUT2D eigenvalue weighted by Gasteiger charge is -2.00. The van der Waals surface area contributed by atoms with E-state index in [9.17, 15) is 14.9 Å². The Labute approximate surface area is 134 Å². The van der Waals surface area contributed by atoms with Gasteiger partial charge in [-0.15, -0.1) is 0 Å². The minimum absolute atomic E-state index is 0.0189. The quantitative estimate of drug-likeness (QED) is 0.383. The second kappa shape index (κ2) is 9.45. The van der Waals surface area contributed by atoms with Crippen LogP contribution in [0.25, 0.3) is 0 Å². The first kappa shape index (κ1) is 18.5. The molecule has 6 nitrogen and oxygen atoms in total. The first-order chi connectivity index (χ1) is 11.0. The molecule has 0 amide bonds. The Morgan fingerprint density at radius 3 is 2.04 bits per heavy atom. The van der Waals surface area contributed by atoms with Gasteiger partial charge in [-0.05, 0) is 25.6 Å². The fraction of sp³-hybridized carbons (Fsp3) is 0.235. The van der Waals surface area contributed by atoms with Gasteiger partial charge in [0.1, 0.15) is 6.23 Å². The minimum atomic E-state index is -0.489. The van der Waals surface area contributed by atoms with E-state index < -0.39 is 4.92 Å². The topological polar surface area (TPSA) is 92.5 Å². The average Bonchev–Trinajstić information content (AvgIpc) is 2.55. The predicted molar refractivity (Wildman–Crippen MR) is 88.3 cm³/mol. The Balaban J connectivity index is 0.000000379. The standard InChI is InChI=1S/C13H9NO3.C4H11NO/c15-13(10-4-2-1-3-5-10)11-6-8-12(9-7-11)14(16)17;1-3-5-4(2)6/h1-9H;4-6H,3H2,1-2H3.